The highest BCUT2D eigenvalue weighted by Gasteiger charge is 2.35. The molecule has 6 nitrogen and oxygen atoms in total. The molecule has 0 spiro atoms. The number of anilines is 1. The smallest absolute Gasteiger partial charge is 0.267 e. The fraction of sp³-hybridized carbons (Fsp3) is 0.550. The second kappa shape index (κ2) is 7.99. The number of benzene rings is 1. The summed E-state index contributed by atoms with van der Waals surface area (Å²) in [7, 11) is 0. The summed E-state index contributed by atoms with van der Waals surface area (Å²) in [4.78, 5) is 24.6. The van der Waals surface area contributed by atoms with Gasteiger partial charge in [0.1, 0.15) is 11.8 Å². The SMILES string of the molecule is CC(=O)[C@H]1CC(C(=O)NCC2(O)CCCCCC2)=NN1c1ccccc1. The topological polar surface area (TPSA) is 82.0 Å². The Labute approximate surface area is 154 Å². The summed E-state index contributed by atoms with van der Waals surface area (Å²) < 4.78 is 0. The Kier molecular flexibility index (Phi) is 5.71. The second-order valence-electron chi connectivity index (χ2n) is 7.38. The lowest BCUT2D eigenvalue weighted by Crippen LogP contribution is -2.44. The number of nitrogens with zero attached hydrogens (tertiary/aromatic N) is 2. The molecule has 6 heteroatoms. The predicted octanol–water partition coefficient (Wildman–Crippen LogP) is 2.41. The monoisotopic (exact) mass is 357 g/mol. The molecule has 0 saturated heterocycles. The lowest BCUT2D eigenvalue weighted by atomic mass is 9.94. The molecule has 1 heterocycles. The number of para-hydroxylation sites is 1. The summed E-state index contributed by atoms with van der Waals surface area (Å²) in [6.45, 7) is 1.76. The number of hydrazone groups is 1. The van der Waals surface area contributed by atoms with Gasteiger partial charge in [-0.1, -0.05) is 43.9 Å². The Hall–Kier alpha value is -2.21. The molecule has 1 saturated carbocycles. The number of nitrogens with one attached hydrogen (secondary N) is 1. The molecule has 140 valence electrons. The highest BCUT2D eigenvalue weighted by Crippen LogP contribution is 2.27. The van der Waals surface area contributed by atoms with Crippen LogP contribution in [0.2, 0.25) is 0 Å². The Morgan fingerprint density at radius 3 is 2.46 bits per heavy atom. The van der Waals surface area contributed by atoms with E-state index in [1.807, 2.05) is 30.3 Å². The van der Waals surface area contributed by atoms with Crippen molar-refractivity contribution in [1.82, 2.24) is 5.32 Å². The molecule has 1 aromatic carbocycles. The fourth-order valence-corrected chi connectivity index (χ4v) is 3.69. The van der Waals surface area contributed by atoms with Crippen molar-refractivity contribution in [3.05, 3.63) is 30.3 Å². The lowest BCUT2D eigenvalue weighted by molar-refractivity contribution is -0.118. The third-order valence-electron chi connectivity index (χ3n) is 5.27. The second-order valence-corrected chi connectivity index (χ2v) is 7.38. The van der Waals surface area contributed by atoms with Gasteiger partial charge in [0, 0.05) is 13.0 Å². The summed E-state index contributed by atoms with van der Waals surface area (Å²) >= 11 is 0. The largest absolute Gasteiger partial charge is 0.388 e. The van der Waals surface area contributed by atoms with E-state index in [2.05, 4.69) is 10.4 Å². The van der Waals surface area contributed by atoms with Gasteiger partial charge in [-0.15, -0.1) is 0 Å². The van der Waals surface area contributed by atoms with Crippen LogP contribution in [-0.2, 0) is 9.59 Å². The molecular weight excluding hydrogens is 330 g/mol. The first-order valence-corrected chi connectivity index (χ1v) is 9.41. The van der Waals surface area contributed by atoms with Crippen molar-refractivity contribution in [3.63, 3.8) is 0 Å². The van der Waals surface area contributed by atoms with E-state index < -0.39 is 11.6 Å². The van der Waals surface area contributed by atoms with Crippen LogP contribution in [0.3, 0.4) is 0 Å². The maximum absolute atomic E-state index is 12.6. The maximum atomic E-state index is 12.6. The van der Waals surface area contributed by atoms with Crippen LogP contribution in [0.25, 0.3) is 0 Å². The van der Waals surface area contributed by atoms with Gasteiger partial charge in [0.2, 0.25) is 0 Å². The molecule has 1 aromatic rings. The predicted molar refractivity (Wildman–Crippen MR) is 101 cm³/mol. The van der Waals surface area contributed by atoms with Crippen LogP contribution in [0.5, 0.6) is 0 Å². The van der Waals surface area contributed by atoms with Crippen LogP contribution >= 0.6 is 0 Å². The van der Waals surface area contributed by atoms with Crippen LogP contribution in [-0.4, -0.2) is 40.7 Å². The van der Waals surface area contributed by atoms with Gasteiger partial charge in [-0.2, -0.15) is 5.10 Å². The van der Waals surface area contributed by atoms with E-state index in [0.29, 0.717) is 18.6 Å². The molecule has 0 unspecified atom stereocenters. The molecule has 1 aliphatic heterocycles. The third-order valence-corrected chi connectivity index (χ3v) is 5.27. The van der Waals surface area contributed by atoms with Crippen molar-refractivity contribution in [2.75, 3.05) is 11.6 Å². The van der Waals surface area contributed by atoms with Crippen LogP contribution in [0.1, 0.15) is 51.9 Å². The summed E-state index contributed by atoms with van der Waals surface area (Å²) in [5.41, 5.74) is 0.300. The molecule has 0 aromatic heterocycles. The van der Waals surface area contributed by atoms with Crippen LogP contribution in [0.4, 0.5) is 5.69 Å². The zero-order chi connectivity index (χ0) is 18.6. The molecule has 1 fully saturated rings. The van der Waals surface area contributed by atoms with E-state index in [1.54, 1.807) is 5.01 Å². The minimum Gasteiger partial charge on any atom is -0.388 e. The van der Waals surface area contributed by atoms with Gasteiger partial charge >= 0.3 is 0 Å². The quantitative estimate of drug-likeness (QED) is 0.793. The number of carbonyl (C=O) groups excluding carboxylic acids is 2. The number of hydrogen-bond acceptors (Lipinski definition) is 5. The van der Waals surface area contributed by atoms with Crippen LogP contribution < -0.4 is 10.3 Å². The van der Waals surface area contributed by atoms with Crippen LogP contribution in [0.15, 0.2) is 35.4 Å². The summed E-state index contributed by atoms with van der Waals surface area (Å²) in [5, 5.41) is 19.6. The first kappa shape index (κ1) is 18.6. The minimum absolute atomic E-state index is 0.0252. The number of Topliss-reactive ketones (excluding diaryl/α,β-unsaturated/α-hetero) is 1. The number of ketones is 1. The zero-order valence-electron chi connectivity index (χ0n) is 15.3. The number of rotatable bonds is 5. The number of aliphatic hydroxyl groups is 1. The fourth-order valence-electron chi connectivity index (χ4n) is 3.69. The molecule has 2 N–H and O–H groups in total. The normalized spacial score (nSPS) is 22.5. The molecule has 1 amide bonds. The number of amides is 1. The van der Waals surface area contributed by atoms with Gasteiger partial charge in [-0.25, -0.2) is 0 Å². The lowest BCUT2D eigenvalue weighted by Gasteiger charge is -2.26. The van der Waals surface area contributed by atoms with Crippen molar-refractivity contribution in [3.8, 4) is 0 Å². The molecule has 0 radical (unpaired) electrons. The molecule has 3 rings (SSSR count). The molecule has 1 aliphatic carbocycles. The van der Waals surface area contributed by atoms with E-state index in [0.717, 1.165) is 31.4 Å². The van der Waals surface area contributed by atoms with E-state index in [9.17, 15) is 14.7 Å². The Morgan fingerprint density at radius 1 is 1.19 bits per heavy atom. The number of carbonyl (C=O) groups is 2. The molecule has 1 atom stereocenters. The van der Waals surface area contributed by atoms with E-state index >= 15 is 0 Å². The molecule has 26 heavy (non-hydrogen) atoms. The van der Waals surface area contributed by atoms with Gasteiger partial charge < -0.3 is 10.4 Å². The standard InChI is InChI=1S/C20H27N3O3/c1-15(24)18-13-17(22-23(18)16-9-5-4-6-10-16)19(25)21-14-20(26)11-7-2-3-8-12-20/h4-6,9-10,18,26H,2-3,7-8,11-14H2,1H3,(H,21,25)/t18-/m1/s1. The van der Waals surface area contributed by atoms with Crippen molar-refractivity contribution >= 4 is 23.1 Å². The van der Waals surface area contributed by atoms with Crippen molar-refractivity contribution < 1.29 is 14.7 Å². The Bertz CT molecular complexity index is 679. The maximum Gasteiger partial charge on any atom is 0.267 e. The summed E-state index contributed by atoms with van der Waals surface area (Å²) in [5.74, 6) is -0.324. The summed E-state index contributed by atoms with van der Waals surface area (Å²) in [6.07, 6.45) is 5.96. The summed E-state index contributed by atoms with van der Waals surface area (Å²) in [6, 6.07) is 8.93. The third kappa shape index (κ3) is 4.30. The zero-order valence-corrected chi connectivity index (χ0v) is 15.3. The van der Waals surface area contributed by atoms with Gasteiger partial charge in [-0.05, 0) is 31.9 Å². The number of hydrogen-bond donors (Lipinski definition) is 2. The first-order valence-electron chi connectivity index (χ1n) is 9.41. The first-order chi connectivity index (χ1) is 12.5. The van der Waals surface area contributed by atoms with Crippen molar-refractivity contribution in [2.45, 2.75) is 63.5 Å². The van der Waals surface area contributed by atoms with Crippen molar-refractivity contribution in [1.29, 1.82) is 0 Å². The average Bonchev–Trinajstić information content (AvgIpc) is 2.98. The van der Waals surface area contributed by atoms with Gasteiger partial charge in [0.25, 0.3) is 5.91 Å². The minimum atomic E-state index is -0.829. The van der Waals surface area contributed by atoms with Gasteiger partial charge in [-0.3, -0.25) is 14.6 Å². The molecule has 0 bridgehead atoms. The molecule has 2 aliphatic rings. The van der Waals surface area contributed by atoms with E-state index in [-0.39, 0.29) is 24.7 Å². The highest BCUT2D eigenvalue weighted by molar-refractivity contribution is 6.40. The average molecular weight is 357 g/mol. The highest BCUT2D eigenvalue weighted by atomic mass is 16.3. The Balaban J connectivity index is 1.68. The van der Waals surface area contributed by atoms with Crippen LogP contribution in [0, 0.1) is 0 Å². The van der Waals surface area contributed by atoms with E-state index in [1.165, 1.54) is 6.92 Å². The van der Waals surface area contributed by atoms with Gasteiger partial charge in [0.05, 0.1) is 11.3 Å². The van der Waals surface area contributed by atoms with Crippen molar-refractivity contribution in [2.24, 2.45) is 5.10 Å². The van der Waals surface area contributed by atoms with Gasteiger partial charge in [0.15, 0.2) is 5.78 Å². The Morgan fingerprint density at radius 2 is 1.85 bits per heavy atom. The van der Waals surface area contributed by atoms with E-state index in [4.69, 9.17) is 0 Å². The molecular formula is C20H27N3O3.